The van der Waals surface area contributed by atoms with Crippen LogP contribution < -0.4 is 10.6 Å². The molecule has 106 valence electrons. The fourth-order valence-corrected chi connectivity index (χ4v) is 2.82. The van der Waals surface area contributed by atoms with Crippen molar-refractivity contribution in [2.75, 3.05) is 6.54 Å². The van der Waals surface area contributed by atoms with Crippen LogP contribution in [0.4, 0.5) is 0 Å². The highest BCUT2D eigenvalue weighted by Gasteiger charge is 2.17. The standard InChI is InChI=1S/C15H24N2O2/c1-10-8-14(12(3)19-10)11(2)17-15(18)9-16-13-6-4-5-7-13/h8,11,13,16H,4-7,9H2,1-3H3,(H,17,18). The molecule has 2 rings (SSSR count). The maximum Gasteiger partial charge on any atom is 0.234 e. The number of rotatable bonds is 5. The first-order valence-corrected chi connectivity index (χ1v) is 7.16. The van der Waals surface area contributed by atoms with E-state index in [4.69, 9.17) is 4.42 Å². The SMILES string of the molecule is Cc1cc(C(C)NC(=O)CNC2CCCC2)c(C)o1. The summed E-state index contributed by atoms with van der Waals surface area (Å²) in [6.45, 7) is 6.25. The van der Waals surface area contributed by atoms with Gasteiger partial charge in [-0.1, -0.05) is 12.8 Å². The molecule has 0 radical (unpaired) electrons. The van der Waals surface area contributed by atoms with Gasteiger partial charge >= 0.3 is 0 Å². The van der Waals surface area contributed by atoms with Gasteiger partial charge in [0.15, 0.2) is 0 Å². The molecule has 1 aliphatic carbocycles. The van der Waals surface area contributed by atoms with E-state index < -0.39 is 0 Å². The molecule has 1 fully saturated rings. The lowest BCUT2D eigenvalue weighted by molar-refractivity contribution is -0.121. The third-order valence-electron chi connectivity index (χ3n) is 3.83. The van der Waals surface area contributed by atoms with Gasteiger partial charge in [0, 0.05) is 11.6 Å². The summed E-state index contributed by atoms with van der Waals surface area (Å²) in [6.07, 6.45) is 4.96. The molecule has 0 bridgehead atoms. The van der Waals surface area contributed by atoms with Crippen molar-refractivity contribution in [1.29, 1.82) is 0 Å². The number of furan rings is 1. The van der Waals surface area contributed by atoms with Crippen LogP contribution in [0.1, 0.15) is 55.7 Å². The minimum atomic E-state index is -0.00433. The van der Waals surface area contributed by atoms with Crippen LogP contribution >= 0.6 is 0 Å². The smallest absolute Gasteiger partial charge is 0.234 e. The minimum Gasteiger partial charge on any atom is -0.466 e. The maximum atomic E-state index is 11.9. The van der Waals surface area contributed by atoms with E-state index in [0.717, 1.165) is 17.1 Å². The van der Waals surface area contributed by atoms with Crippen LogP contribution in [0.25, 0.3) is 0 Å². The molecule has 1 amide bonds. The molecule has 1 saturated carbocycles. The number of hydrogen-bond donors (Lipinski definition) is 2. The van der Waals surface area contributed by atoms with Crippen LogP contribution in [0.15, 0.2) is 10.5 Å². The van der Waals surface area contributed by atoms with Crippen molar-refractivity contribution in [2.45, 2.75) is 58.5 Å². The zero-order valence-electron chi connectivity index (χ0n) is 12.1. The Morgan fingerprint density at radius 2 is 2.11 bits per heavy atom. The molecule has 4 nitrogen and oxygen atoms in total. The highest BCUT2D eigenvalue weighted by Crippen LogP contribution is 2.21. The van der Waals surface area contributed by atoms with Gasteiger partial charge in [0.1, 0.15) is 11.5 Å². The third kappa shape index (κ3) is 3.83. The van der Waals surface area contributed by atoms with Crippen molar-refractivity contribution in [3.05, 3.63) is 23.2 Å². The summed E-state index contributed by atoms with van der Waals surface area (Å²) in [7, 11) is 0. The molecule has 1 atom stereocenters. The number of carbonyl (C=O) groups excluding carboxylic acids is 1. The van der Waals surface area contributed by atoms with Crippen molar-refractivity contribution in [3.8, 4) is 0 Å². The molecule has 0 aliphatic heterocycles. The number of aryl methyl sites for hydroxylation is 2. The summed E-state index contributed by atoms with van der Waals surface area (Å²) in [6, 6.07) is 2.51. The van der Waals surface area contributed by atoms with Crippen LogP contribution in [0.5, 0.6) is 0 Å². The van der Waals surface area contributed by atoms with Gasteiger partial charge in [0.2, 0.25) is 5.91 Å². The van der Waals surface area contributed by atoms with Crippen molar-refractivity contribution < 1.29 is 9.21 Å². The molecule has 19 heavy (non-hydrogen) atoms. The Balaban J connectivity index is 1.79. The molecule has 2 N–H and O–H groups in total. The molecule has 1 aliphatic rings. The average molecular weight is 264 g/mol. The first-order chi connectivity index (χ1) is 9.06. The van der Waals surface area contributed by atoms with Gasteiger partial charge in [0.25, 0.3) is 0 Å². The van der Waals surface area contributed by atoms with Crippen molar-refractivity contribution >= 4 is 5.91 Å². The molecule has 4 heteroatoms. The van der Waals surface area contributed by atoms with E-state index in [1.165, 1.54) is 25.7 Å². The molecule has 1 heterocycles. The zero-order chi connectivity index (χ0) is 13.8. The van der Waals surface area contributed by atoms with Crippen molar-refractivity contribution in [3.63, 3.8) is 0 Å². The lowest BCUT2D eigenvalue weighted by Crippen LogP contribution is -2.39. The summed E-state index contributed by atoms with van der Waals surface area (Å²) in [5.41, 5.74) is 1.06. The van der Waals surface area contributed by atoms with Crippen LogP contribution in [0, 0.1) is 13.8 Å². The number of amides is 1. The molecular weight excluding hydrogens is 240 g/mol. The van der Waals surface area contributed by atoms with E-state index in [0.29, 0.717) is 12.6 Å². The molecule has 0 saturated heterocycles. The number of hydrogen-bond acceptors (Lipinski definition) is 3. The Hall–Kier alpha value is -1.29. The molecule has 1 unspecified atom stereocenters. The van der Waals surface area contributed by atoms with Gasteiger partial charge < -0.3 is 15.1 Å². The summed E-state index contributed by atoms with van der Waals surface area (Å²) in [5.74, 6) is 1.82. The largest absolute Gasteiger partial charge is 0.466 e. The highest BCUT2D eigenvalue weighted by atomic mass is 16.3. The Labute approximate surface area is 114 Å². The topological polar surface area (TPSA) is 54.3 Å². The molecule has 1 aromatic heterocycles. The monoisotopic (exact) mass is 264 g/mol. The Morgan fingerprint density at radius 3 is 2.68 bits per heavy atom. The van der Waals surface area contributed by atoms with E-state index in [1.54, 1.807) is 0 Å². The summed E-state index contributed by atoms with van der Waals surface area (Å²) in [5, 5.41) is 6.34. The second-order valence-corrected chi connectivity index (χ2v) is 5.52. The number of carbonyl (C=O) groups is 1. The second-order valence-electron chi connectivity index (χ2n) is 5.52. The first kappa shape index (κ1) is 14.1. The lowest BCUT2D eigenvalue weighted by atomic mass is 10.1. The Kier molecular flexibility index (Phi) is 4.64. The molecular formula is C15H24N2O2. The second kappa shape index (κ2) is 6.24. The average Bonchev–Trinajstić information content (AvgIpc) is 2.96. The van der Waals surface area contributed by atoms with Crippen LogP contribution in [0.2, 0.25) is 0 Å². The minimum absolute atomic E-state index is 0.00433. The van der Waals surface area contributed by atoms with Crippen LogP contribution in [-0.4, -0.2) is 18.5 Å². The first-order valence-electron chi connectivity index (χ1n) is 7.16. The van der Waals surface area contributed by atoms with E-state index in [-0.39, 0.29) is 11.9 Å². The summed E-state index contributed by atoms with van der Waals surface area (Å²) < 4.78 is 5.49. The quantitative estimate of drug-likeness (QED) is 0.859. The predicted molar refractivity (Wildman–Crippen MR) is 75.0 cm³/mol. The van der Waals surface area contributed by atoms with Gasteiger partial charge in [-0.25, -0.2) is 0 Å². The summed E-state index contributed by atoms with van der Waals surface area (Å²) >= 11 is 0. The Bertz CT molecular complexity index is 433. The van der Waals surface area contributed by atoms with Crippen LogP contribution in [-0.2, 0) is 4.79 Å². The maximum absolute atomic E-state index is 11.9. The third-order valence-corrected chi connectivity index (χ3v) is 3.83. The Morgan fingerprint density at radius 1 is 1.42 bits per heavy atom. The van der Waals surface area contributed by atoms with Crippen molar-refractivity contribution in [2.24, 2.45) is 0 Å². The fourth-order valence-electron chi connectivity index (χ4n) is 2.82. The normalized spacial score (nSPS) is 17.6. The predicted octanol–water partition coefficient (Wildman–Crippen LogP) is 2.61. The van der Waals surface area contributed by atoms with Crippen LogP contribution in [0.3, 0.4) is 0 Å². The van der Waals surface area contributed by atoms with E-state index in [1.807, 2.05) is 26.8 Å². The van der Waals surface area contributed by atoms with Gasteiger partial charge in [-0.15, -0.1) is 0 Å². The van der Waals surface area contributed by atoms with Crippen molar-refractivity contribution in [1.82, 2.24) is 10.6 Å². The lowest BCUT2D eigenvalue weighted by Gasteiger charge is -2.15. The van der Waals surface area contributed by atoms with Gasteiger partial charge in [-0.05, 0) is 39.7 Å². The number of nitrogens with one attached hydrogen (secondary N) is 2. The molecule has 0 spiro atoms. The fraction of sp³-hybridized carbons (Fsp3) is 0.667. The molecule has 0 aromatic carbocycles. The van der Waals surface area contributed by atoms with E-state index in [9.17, 15) is 4.79 Å². The van der Waals surface area contributed by atoms with E-state index in [2.05, 4.69) is 10.6 Å². The highest BCUT2D eigenvalue weighted by molar-refractivity contribution is 5.78. The van der Waals surface area contributed by atoms with E-state index >= 15 is 0 Å². The zero-order valence-corrected chi connectivity index (χ0v) is 12.1. The summed E-state index contributed by atoms with van der Waals surface area (Å²) in [4.78, 5) is 11.9. The van der Waals surface area contributed by atoms with Gasteiger partial charge in [-0.2, -0.15) is 0 Å². The molecule has 1 aromatic rings. The van der Waals surface area contributed by atoms with Gasteiger partial charge in [0.05, 0.1) is 12.6 Å². The van der Waals surface area contributed by atoms with Gasteiger partial charge in [-0.3, -0.25) is 4.79 Å².